The molecule has 18 heteroatoms. The molecule has 0 aliphatic heterocycles. The van der Waals surface area contributed by atoms with Crippen LogP contribution in [0.25, 0.3) is 0 Å². The van der Waals surface area contributed by atoms with E-state index in [-0.39, 0.29) is 19.0 Å². The van der Waals surface area contributed by atoms with Crippen LogP contribution in [0.15, 0.2) is 48.5 Å². The molecule has 276 valence electrons. The average molecular weight is 761 g/mol. The third-order valence-corrected chi connectivity index (χ3v) is 8.67. The van der Waals surface area contributed by atoms with Crippen LogP contribution in [0, 0.1) is 5.82 Å². The van der Waals surface area contributed by atoms with Crippen LogP contribution in [0.1, 0.15) is 62.5 Å². The van der Waals surface area contributed by atoms with Gasteiger partial charge in [-0.25, -0.2) is 4.39 Å². The first-order chi connectivity index (χ1) is 22.4. The number of rotatable bonds is 22. The van der Waals surface area contributed by atoms with E-state index in [1.54, 1.807) is 12.1 Å². The number of halogens is 8. The smallest absolute Gasteiger partial charge is 0.379 e. The quantitative estimate of drug-likeness (QED) is 0.0513. The van der Waals surface area contributed by atoms with Crippen LogP contribution < -0.4 is 0 Å². The Morgan fingerprint density at radius 2 is 0.854 bits per heavy atom. The summed E-state index contributed by atoms with van der Waals surface area (Å²) in [5.74, 6) is -0.261. The molecule has 8 nitrogen and oxygen atoms in total. The lowest BCUT2D eigenvalue weighted by Crippen LogP contribution is -2.26. The number of aryl methyl sites for hydroxylation is 2. The summed E-state index contributed by atoms with van der Waals surface area (Å²) in [4.78, 5) is 0. The molecule has 2 rings (SSSR count). The first-order valence-corrected chi connectivity index (χ1v) is 18.2. The van der Waals surface area contributed by atoms with E-state index in [1.165, 1.54) is 17.7 Å². The van der Waals surface area contributed by atoms with E-state index < -0.39 is 44.5 Å². The molecule has 0 atom stereocenters. The van der Waals surface area contributed by atoms with E-state index in [4.69, 9.17) is 21.1 Å². The van der Waals surface area contributed by atoms with Crippen molar-refractivity contribution in [3.8, 4) is 0 Å². The highest BCUT2D eigenvalue weighted by atomic mass is 35.5. The lowest BCUT2D eigenvalue weighted by Gasteiger charge is -2.08. The normalized spacial score (nSPS) is 12.5. The van der Waals surface area contributed by atoms with E-state index in [0.29, 0.717) is 18.2 Å². The van der Waals surface area contributed by atoms with Gasteiger partial charge in [0, 0.05) is 18.2 Å². The minimum atomic E-state index is -5.54. The van der Waals surface area contributed by atoms with Crippen molar-refractivity contribution in [2.45, 2.75) is 75.2 Å². The van der Waals surface area contributed by atoms with E-state index in [1.807, 2.05) is 24.3 Å². The molecule has 2 aromatic rings. The molecular formula is C30H40ClF7O8S2. The largest absolute Gasteiger partial charge is 0.523 e. The third-order valence-electron chi connectivity index (χ3n) is 6.33. The van der Waals surface area contributed by atoms with Crippen molar-refractivity contribution in [2.24, 2.45) is 0 Å². The summed E-state index contributed by atoms with van der Waals surface area (Å²) in [5, 5.41) is 0.711. The van der Waals surface area contributed by atoms with Crippen molar-refractivity contribution < 1.29 is 65.4 Å². The second kappa shape index (κ2) is 22.6. The minimum Gasteiger partial charge on any atom is -0.379 e. The van der Waals surface area contributed by atoms with Crippen LogP contribution in [-0.2, 0) is 50.9 Å². The highest BCUT2D eigenvalue weighted by molar-refractivity contribution is 7.87. The molecule has 0 saturated heterocycles. The monoisotopic (exact) mass is 760 g/mol. The molecule has 0 fully saturated rings. The predicted octanol–water partition coefficient (Wildman–Crippen LogP) is 8.14. The summed E-state index contributed by atoms with van der Waals surface area (Å²) in [7, 11) is -11.1. The Morgan fingerprint density at radius 3 is 1.23 bits per heavy atom. The number of hydrogen-bond donors (Lipinski definition) is 0. The van der Waals surface area contributed by atoms with Crippen molar-refractivity contribution in [1.82, 2.24) is 0 Å². The first kappa shape index (κ1) is 44.0. The molecule has 0 spiro atoms. The molecule has 0 heterocycles. The fourth-order valence-corrected chi connectivity index (χ4v) is 4.79. The molecule has 0 radical (unpaired) electrons. The van der Waals surface area contributed by atoms with Gasteiger partial charge in [-0.05, 0) is 73.9 Å². The maximum atomic E-state index is 12.7. The van der Waals surface area contributed by atoms with Crippen molar-refractivity contribution in [2.75, 3.05) is 39.6 Å². The second-order valence-corrected chi connectivity index (χ2v) is 13.9. The van der Waals surface area contributed by atoms with Crippen LogP contribution in [0.4, 0.5) is 30.7 Å². The van der Waals surface area contributed by atoms with Crippen LogP contribution >= 0.6 is 11.6 Å². The molecule has 48 heavy (non-hydrogen) atoms. The van der Waals surface area contributed by atoms with Crippen molar-refractivity contribution in [3.63, 3.8) is 0 Å². The zero-order chi connectivity index (χ0) is 36.1. The molecule has 2 aromatic carbocycles. The average Bonchev–Trinajstić information content (AvgIpc) is 3.00. The molecule has 0 aliphatic rings. The van der Waals surface area contributed by atoms with Gasteiger partial charge in [0.1, 0.15) is 5.82 Å². The first-order valence-electron chi connectivity index (χ1n) is 15.0. The Labute approximate surface area is 282 Å². The number of unbranched alkanes of at least 4 members (excludes halogenated alkanes) is 6. The minimum absolute atomic E-state index is 0.194. The van der Waals surface area contributed by atoms with Crippen molar-refractivity contribution in [1.29, 1.82) is 0 Å². The summed E-state index contributed by atoms with van der Waals surface area (Å²) in [6, 6.07) is 14.0. The van der Waals surface area contributed by atoms with Gasteiger partial charge in [0.2, 0.25) is 0 Å². The lowest BCUT2D eigenvalue weighted by atomic mass is 10.1. The highest BCUT2D eigenvalue weighted by Crippen LogP contribution is 2.25. The Morgan fingerprint density at radius 1 is 0.500 bits per heavy atom. The molecule has 0 aliphatic carbocycles. The SMILES string of the molecule is O=S(=O)(OCCOCCCCCCc1ccc(Cl)cc1)C(F)(F)F.O=S(=O)(OCCOCCCCCCc1ccc(F)cc1)C(F)(F)F. The fourth-order valence-electron chi connectivity index (χ4n) is 3.82. The van der Waals surface area contributed by atoms with Gasteiger partial charge in [-0.3, -0.25) is 8.37 Å². The third kappa shape index (κ3) is 19.8. The molecule has 0 saturated carbocycles. The van der Waals surface area contributed by atoms with Gasteiger partial charge >= 0.3 is 31.3 Å². The van der Waals surface area contributed by atoms with Gasteiger partial charge in [0.25, 0.3) is 0 Å². The van der Waals surface area contributed by atoms with Gasteiger partial charge in [0.15, 0.2) is 0 Å². The molecule has 0 bridgehead atoms. The number of alkyl halides is 6. The molecule has 0 unspecified atom stereocenters. The topological polar surface area (TPSA) is 105 Å². The summed E-state index contributed by atoms with van der Waals surface area (Å²) in [6.45, 7) is -1.03. The fraction of sp³-hybridized carbons (Fsp3) is 0.600. The van der Waals surface area contributed by atoms with E-state index in [2.05, 4.69) is 8.37 Å². The summed E-state index contributed by atoms with van der Waals surface area (Å²) in [5.41, 5.74) is -8.51. The maximum absolute atomic E-state index is 12.7. The van der Waals surface area contributed by atoms with Gasteiger partial charge < -0.3 is 9.47 Å². The van der Waals surface area contributed by atoms with Crippen LogP contribution in [0.5, 0.6) is 0 Å². The predicted molar refractivity (Wildman–Crippen MR) is 166 cm³/mol. The van der Waals surface area contributed by atoms with Crippen molar-refractivity contribution >= 4 is 31.8 Å². The highest BCUT2D eigenvalue weighted by Gasteiger charge is 2.47. The van der Waals surface area contributed by atoms with Crippen LogP contribution in [0.2, 0.25) is 5.02 Å². The zero-order valence-electron chi connectivity index (χ0n) is 26.0. The van der Waals surface area contributed by atoms with Crippen LogP contribution in [0.3, 0.4) is 0 Å². The Kier molecular flexibility index (Phi) is 20.8. The number of benzene rings is 2. The lowest BCUT2D eigenvalue weighted by molar-refractivity contribution is -0.0560. The Balaban J connectivity index is 0.000000480. The van der Waals surface area contributed by atoms with E-state index in [0.717, 1.165) is 69.8 Å². The summed E-state index contributed by atoms with van der Waals surface area (Å²) >= 11 is 5.80. The van der Waals surface area contributed by atoms with Gasteiger partial charge in [-0.1, -0.05) is 61.5 Å². The van der Waals surface area contributed by atoms with Gasteiger partial charge in [0.05, 0.1) is 26.4 Å². The van der Waals surface area contributed by atoms with E-state index in [9.17, 15) is 47.6 Å². The Hall–Kier alpha value is -2.02. The molecule has 0 N–H and O–H groups in total. The molecular weight excluding hydrogens is 721 g/mol. The number of hydrogen-bond acceptors (Lipinski definition) is 8. The van der Waals surface area contributed by atoms with E-state index >= 15 is 0 Å². The molecule has 0 aromatic heterocycles. The summed E-state index contributed by atoms with van der Waals surface area (Å²) < 4.78 is 144. The van der Waals surface area contributed by atoms with Gasteiger partial charge in [-0.2, -0.15) is 43.2 Å². The van der Waals surface area contributed by atoms with Gasteiger partial charge in [-0.15, -0.1) is 0 Å². The number of ether oxygens (including phenoxy) is 2. The zero-order valence-corrected chi connectivity index (χ0v) is 28.4. The Bertz CT molecular complexity index is 1250. The summed E-state index contributed by atoms with van der Waals surface area (Å²) in [6.07, 6.45) is 9.00. The standard InChI is InChI=1S/C15H20ClF3O4S.C15H20F4O4S/c2*16-14-8-6-13(7-9-14)5-3-1-2-4-10-22-11-12-23-24(20,21)15(17,18)19/h2*6-9H,1-5,10-12H2. The van der Waals surface area contributed by atoms with Crippen LogP contribution in [-0.4, -0.2) is 67.5 Å². The second-order valence-electron chi connectivity index (χ2n) is 10.2. The maximum Gasteiger partial charge on any atom is 0.523 e. The van der Waals surface area contributed by atoms with Crippen molar-refractivity contribution in [3.05, 3.63) is 70.5 Å². The molecule has 0 amide bonds.